The second-order valence-corrected chi connectivity index (χ2v) is 6.71. The predicted molar refractivity (Wildman–Crippen MR) is 115 cm³/mol. The summed E-state index contributed by atoms with van der Waals surface area (Å²) in [5, 5.41) is 5.65. The highest BCUT2D eigenvalue weighted by Gasteiger charge is 2.12. The molecule has 0 saturated heterocycles. The van der Waals surface area contributed by atoms with Crippen molar-refractivity contribution in [2.24, 2.45) is 5.73 Å². The fraction of sp³-hybridized carbons (Fsp3) is 0.174. The van der Waals surface area contributed by atoms with Crippen LogP contribution in [-0.4, -0.2) is 30.5 Å². The van der Waals surface area contributed by atoms with Crippen molar-refractivity contribution in [3.8, 4) is 5.75 Å². The van der Waals surface area contributed by atoms with Gasteiger partial charge in [-0.25, -0.2) is 0 Å². The topological polar surface area (TPSA) is 106 Å². The van der Waals surface area contributed by atoms with E-state index in [1.54, 1.807) is 55.9 Å². The Balaban J connectivity index is 1.52. The minimum absolute atomic E-state index is 0.136. The van der Waals surface area contributed by atoms with Gasteiger partial charge in [0.2, 0.25) is 5.91 Å². The van der Waals surface area contributed by atoms with Crippen LogP contribution in [0.5, 0.6) is 5.75 Å². The van der Waals surface area contributed by atoms with Gasteiger partial charge in [0.25, 0.3) is 5.91 Å². The van der Waals surface area contributed by atoms with Gasteiger partial charge in [-0.05, 0) is 35.9 Å². The van der Waals surface area contributed by atoms with Crippen LogP contribution < -0.4 is 21.1 Å². The van der Waals surface area contributed by atoms with Crippen LogP contribution in [0.25, 0.3) is 0 Å². The molecular formula is C23H24N4O3. The molecule has 1 heterocycles. The van der Waals surface area contributed by atoms with E-state index >= 15 is 0 Å². The van der Waals surface area contributed by atoms with Crippen LogP contribution in [0.4, 0.5) is 5.69 Å². The van der Waals surface area contributed by atoms with Gasteiger partial charge >= 0.3 is 0 Å². The molecule has 4 N–H and O–H groups in total. The molecule has 2 amide bonds. The van der Waals surface area contributed by atoms with Gasteiger partial charge in [0.05, 0.1) is 13.5 Å². The van der Waals surface area contributed by atoms with E-state index < -0.39 is 0 Å². The Bertz CT molecular complexity index is 991. The number of hydrogen-bond acceptors (Lipinski definition) is 5. The highest BCUT2D eigenvalue weighted by Crippen LogP contribution is 2.18. The van der Waals surface area contributed by atoms with Crippen molar-refractivity contribution >= 4 is 17.5 Å². The van der Waals surface area contributed by atoms with Crippen molar-refractivity contribution in [1.29, 1.82) is 0 Å². The summed E-state index contributed by atoms with van der Waals surface area (Å²) in [6.45, 7) is 0.288. The number of hydrogen-bond donors (Lipinski definition) is 3. The Morgan fingerprint density at radius 1 is 1.03 bits per heavy atom. The monoisotopic (exact) mass is 404 g/mol. The van der Waals surface area contributed by atoms with Gasteiger partial charge < -0.3 is 21.1 Å². The summed E-state index contributed by atoms with van der Waals surface area (Å²) in [5.41, 5.74) is 9.03. The number of aromatic nitrogens is 1. The van der Waals surface area contributed by atoms with Gasteiger partial charge in [-0.2, -0.15) is 0 Å². The molecular weight excluding hydrogens is 380 g/mol. The zero-order valence-corrected chi connectivity index (χ0v) is 16.7. The molecule has 0 fully saturated rings. The number of carbonyl (C=O) groups is 2. The third-order valence-electron chi connectivity index (χ3n) is 4.60. The number of nitrogens with one attached hydrogen (secondary N) is 2. The zero-order chi connectivity index (χ0) is 21.3. The minimum atomic E-state index is -0.385. The van der Waals surface area contributed by atoms with E-state index in [2.05, 4.69) is 15.6 Å². The van der Waals surface area contributed by atoms with Crippen LogP contribution in [0.3, 0.4) is 0 Å². The Morgan fingerprint density at radius 2 is 1.73 bits per heavy atom. The van der Waals surface area contributed by atoms with Crippen molar-refractivity contribution in [3.05, 3.63) is 89.7 Å². The third-order valence-corrected chi connectivity index (χ3v) is 4.60. The molecule has 1 atom stereocenters. The lowest BCUT2D eigenvalue weighted by Gasteiger charge is -2.14. The van der Waals surface area contributed by atoms with Gasteiger partial charge in [0, 0.05) is 41.8 Å². The average Bonchev–Trinajstić information content (AvgIpc) is 2.78. The van der Waals surface area contributed by atoms with Gasteiger partial charge in [-0.15, -0.1) is 0 Å². The number of anilines is 1. The maximum Gasteiger partial charge on any atom is 0.255 e. The second-order valence-electron chi connectivity index (χ2n) is 6.71. The molecule has 154 valence electrons. The number of nitrogens with zero attached hydrogens (tertiary/aromatic N) is 1. The third kappa shape index (κ3) is 5.65. The number of carbonyl (C=O) groups excluding carboxylic acids is 2. The van der Waals surface area contributed by atoms with Crippen LogP contribution in [-0.2, 0) is 11.2 Å². The van der Waals surface area contributed by atoms with E-state index in [4.69, 9.17) is 10.5 Å². The lowest BCUT2D eigenvalue weighted by atomic mass is 10.0. The molecule has 0 aliphatic heterocycles. The van der Waals surface area contributed by atoms with Crippen LogP contribution >= 0.6 is 0 Å². The van der Waals surface area contributed by atoms with E-state index in [9.17, 15) is 9.59 Å². The summed E-state index contributed by atoms with van der Waals surface area (Å²) < 4.78 is 5.27. The van der Waals surface area contributed by atoms with Crippen molar-refractivity contribution in [1.82, 2.24) is 10.3 Å². The molecule has 0 aliphatic rings. The molecule has 2 aromatic carbocycles. The molecule has 0 radical (unpaired) electrons. The van der Waals surface area contributed by atoms with Crippen molar-refractivity contribution < 1.29 is 14.3 Å². The Morgan fingerprint density at radius 3 is 2.43 bits per heavy atom. The lowest BCUT2D eigenvalue weighted by Crippen LogP contribution is -2.33. The molecule has 1 unspecified atom stereocenters. The number of methoxy groups -OCH3 is 1. The first-order valence-corrected chi connectivity index (χ1v) is 9.52. The maximum absolute atomic E-state index is 12.3. The molecule has 7 heteroatoms. The highest BCUT2D eigenvalue weighted by molar-refractivity contribution is 6.04. The first-order chi connectivity index (χ1) is 14.6. The molecule has 0 bridgehead atoms. The number of benzene rings is 2. The molecule has 3 aromatic rings. The molecule has 3 rings (SSSR count). The van der Waals surface area contributed by atoms with E-state index in [1.807, 2.05) is 24.3 Å². The number of ether oxygens (including phenoxy) is 1. The van der Waals surface area contributed by atoms with Gasteiger partial charge in [0.15, 0.2) is 0 Å². The standard InChI is InChI=1S/C23H24N4O3/c1-30-21-5-3-2-4-18(21)14-22(28)26-15-20(24)16-6-8-17(9-7-16)23(29)27-19-10-12-25-13-11-19/h2-13,20H,14-15,24H2,1H3,(H,26,28)(H,25,27,29). The smallest absolute Gasteiger partial charge is 0.255 e. The van der Waals surface area contributed by atoms with Crippen molar-refractivity contribution in [3.63, 3.8) is 0 Å². The zero-order valence-electron chi connectivity index (χ0n) is 16.7. The van der Waals surface area contributed by atoms with Gasteiger partial charge in [-0.3, -0.25) is 14.6 Å². The number of pyridine rings is 1. The second kappa shape index (κ2) is 10.2. The summed E-state index contributed by atoms with van der Waals surface area (Å²) in [6.07, 6.45) is 3.44. The molecule has 0 saturated carbocycles. The largest absolute Gasteiger partial charge is 0.496 e. The summed E-state index contributed by atoms with van der Waals surface area (Å²) >= 11 is 0. The predicted octanol–water partition coefficient (Wildman–Crippen LogP) is 2.70. The molecule has 1 aromatic heterocycles. The fourth-order valence-electron chi connectivity index (χ4n) is 2.95. The number of para-hydroxylation sites is 1. The molecule has 7 nitrogen and oxygen atoms in total. The van der Waals surface area contributed by atoms with E-state index in [0.29, 0.717) is 17.0 Å². The average molecular weight is 404 g/mol. The molecule has 0 spiro atoms. The Labute approximate surface area is 175 Å². The van der Waals surface area contributed by atoms with Gasteiger partial charge in [-0.1, -0.05) is 30.3 Å². The van der Waals surface area contributed by atoms with Crippen molar-refractivity contribution in [2.75, 3.05) is 19.0 Å². The SMILES string of the molecule is COc1ccccc1CC(=O)NCC(N)c1ccc(C(=O)Nc2ccncc2)cc1. The summed E-state index contributed by atoms with van der Waals surface area (Å²) in [7, 11) is 1.58. The quantitative estimate of drug-likeness (QED) is 0.535. The molecule has 30 heavy (non-hydrogen) atoms. The van der Waals surface area contributed by atoms with E-state index in [1.165, 1.54) is 0 Å². The Kier molecular flexibility index (Phi) is 7.13. The van der Waals surface area contributed by atoms with E-state index in [-0.39, 0.29) is 30.8 Å². The van der Waals surface area contributed by atoms with Crippen LogP contribution in [0.1, 0.15) is 27.5 Å². The first kappa shape index (κ1) is 21.0. The van der Waals surface area contributed by atoms with Crippen molar-refractivity contribution in [2.45, 2.75) is 12.5 Å². The van der Waals surface area contributed by atoms with Crippen LogP contribution in [0.15, 0.2) is 73.1 Å². The van der Waals surface area contributed by atoms with E-state index in [0.717, 1.165) is 11.1 Å². The lowest BCUT2D eigenvalue weighted by molar-refractivity contribution is -0.120. The summed E-state index contributed by atoms with van der Waals surface area (Å²) in [5.74, 6) is 0.326. The minimum Gasteiger partial charge on any atom is -0.496 e. The van der Waals surface area contributed by atoms with Gasteiger partial charge in [0.1, 0.15) is 5.75 Å². The normalized spacial score (nSPS) is 11.4. The summed E-state index contributed by atoms with van der Waals surface area (Å²) in [4.78, 5) is 28.5. The number of amides is 2. The Hall–Kier alpha value is -3.71. The fourth-order valence-corrected chi connectivity index (χ4v) is 2.95. The van der Waals surface area contributed by atoms with Crippen LogP contribution in [0.2, 0.25) is 0 Å². The molecule has 0 aliphatic carbocycles. The maximum atomic E-state index is 12.3. The first-order valence-electron chi connectivity index (χ1n) is 9.52. The van der Waals surface area contributed by atoms with Crippen LogP contribution in [0, 0.1) is 0 Å². The number of rotatable bonds is 8. The highest BCUT2D eigenvalue weighted by atomic mass is 16.5. The summed E-state index contributed by atoms with van der Waals surface area (Å²) in [6, 6.07) is 17.5. The number of nitrogens with two attached hydrogens (primary N) is 1.